The second kappa shape index (κ2) is 7.21. The first-order valence-electron chi connectivity index (χ1n) is 9.01. The summed E-state index contributed by atoms with van der Waals surface area (Å²) in [7, 11) is -3.63. The van der Waals surface area contributed by atoms with Gasteiger partial charge in [0.2, 0.25) is 0 Å². The molecule has 0 bridgehead atoms. The average Bonchev–Trinajstić information content (AvgIpc) is 3.15. The number of carbonyl (C=O) groups is 1. The van der Waals surface area contributed by atoms with E-state index >= 15 is 0 Å². The van der Waals surface area contributed by atoms with Crippen molar-refractivity contribution >= 4 is 37.6 Å². The molecule has 2 heterocycles. The number of fused-ring (bicyclic) bond motifs is 3. The Hall–Kier alpha value is -3.39. The molecule has 4 rings (SSSR count). The van der Waals surface area contributed by atoms with Gasteiger partial charge in [-0.2, -0.15) is 0 Å². The molecular weight excluding hydrogens is 392 g/mol. The molecule has 29 heavy (non-hydrogen) atoms. The molecule has 0 saturated heterocycles. The quantitative estimate of drug-likeness (QED) is 0.491. The predicted molar refractivity (Wildman–Crippen MR) is 110 cm³/mol. The summed E-state index contributed by atoms with van der Waals surface area (Å²) < 4.78 is 30.9. The van der Waals surface area contributed by atoms with Crippen molar-refractivity contribution in [3.05, 3.63) is 76.2 Å². The highest BCUT2D eigenvalue weighted by Crippen LogP contribution is 2.28. The van der Waals surface area contributed by atoms with Crippen LogP contribution in [0.3, 0.4) is 0 Å². The van der Waals surface area contributed by atoms with Gasteiger partial charge in [-0.25, -0.2) is 13.2 Å². The molecule has 0 saturated carbocycles. The molecule has 148 valence electrons. The molecule has 0 aliphatic carbocycles. The van der Waals surface area contributed by atoms with Crippen LogP contribution in [0.1, 0.15) is 22.8 Å². The highest BCUT2D eigenvalue weighted by Gasteiger charge is 2.21. The number of hydrogen-bond acceptors (Lipinski definition) is 5. The summed E-state index contributed by atoms with van der Waals surface area (Å²) in [5.74, 6) is -0.729. The lowest BCUT2D eigenvalue weighted by molar-refractivity contribution is 0.0529. The van der Waals surface area contributed by atoms with Crippen molar-refractivity contribution in [1.82, 2.24) is 9.97 Å². The minimum atomic E-state index is -3.63. The zero-order valence-corrected chi connectivity index (χ0v) is 16.4. The molecular formula is C21H18N2O5S. The monoisotopic (exact) mass is 410 g/mol. The van der Waals surface area contributed by atoms with Crippen molar-refractivity contribution in [1.29, 1.82) is 0 Å². The fraction of sp³-hybridized carbons (Fsp3) is 0.143. The van der Waals surface area contributed by atoms with E-state index in [-0.39, 0.29) is 28.3 Å². The number of sulfone groups is 1. The van der Waals surface area contributed by atoms with Gasteiger partial charge in [0.1, 0.15) is 5.52 Å². The van der Waals surface area contributed by atoms with Crippen LogP contribution >= 0.6 is 0 Å². The number of pyridine rings is 1. The Morgan fingerprint density at radius 3 is 2.59 bits per heavy atom. The van der Waals surface area contributed by atoms with Crippen molar-refractivity contribution < 1.29 is 17.9 Å². The molecule has 2 aromatic heterocycles. The molecule has 0 atom stereocenters. The molecule has 0 amide bonds. The van der Waals surface area contributed by atoms with Crippen molar-refractivity contribution in [3.8, 4) is 0 Å². The molecule has 8 heteroatoms. The maximum atomic E-state index is 12.9. The Kier molecular flexibility index (Phi) is 4.71. The van der Waals surface area contributed by atoms with E-state index in [0.29, 0.717) is 21.9 Å². The summed E-state index contributed by atoms with van der Waals surface area (Å²) in [6.45, 7) is 1.87. The van der Waals surface area contributed by atoms with Gasteiger partial charge in [0.15, 0.2) is 9.84 Å². The van der Waals surface area contributed by atoms with Crippen LogP contribution in [0, 0.1) is 0 Å². The molecule has 0 radical (unpaired) electrons. The van der Waals surface area contributed by atoms with Crippen LogP contribution in [-0.2, 0) is 20.3 Å². The third-order valence-electron chi connectivity index (χ3n) is 4.67. The number of hydrogen-bond donors (Lipinski definition) is 2. The topological polar surface area (TPSA) is 109 Å². The van der Waals surface area contributed by atoms with Crippen LogP contribution in [-0.4, -0.2) is 31.0 Å². The first-order valence-corrected chi connectivity index (χ1v) is 10.7. The van der Waals surface area contributed by atoms with Gasteiger partial charge in [-0.1, -0.05) is 30.3 Å². The zero-order valence-electron chi connectivity index (χ0n) is 15.6. The van der Waals surface area contributed by atoms with E-state index in [1.807, 2.05) is 6.07 Å². The fourth-order valence-electron chi connectivity index (χ4n) is 3.35. The smallest absolute Gasteiger partial charge is 0.340 e. The molecule has 4 aromatic rings. The lowest BCUT2D eigenvalue weighted by Gasteiger charge is -2.08. The zero-order chi connectivity index (χ0) is 20.6. The second-order valence-corrected chi connectivity index (χ2v) is 8.57. The number of esters is 1. The van der Waals surface area contributed by atoms with E-state index in [1.54, 1.807) is 31.2 Å². The number of aromatic amines is 2. The molecule has 0 unspecified atom stereocenters. The van der Waals surface area contributed by atoms with Gasteiger partial charge in [0.05, 0.1) is 22.8 Å². The first kappa shape index (κ1) is 18.9. The lowest BCUT2D eigenvalue weighted by Crippen LogP contribution is -2.09. The Morgan fingerprint density at radius 2 is 1.86 bits per heavy atom. The molecule has 0 aliphatic heterocycles. The molecule has 0 aliphatic rings. The normalized spacial score (nSPS) is 11.8. The number of benzene rings is 2. The summed E-state index contributed by atoms with van der Waals surface area (Å²) in [4.78, 5) is 30.3. The van der Waals surface area contributed by atoms with Crippen LogP contribution in [0.5, 0.6) is 0 Å². The second-order valence-electron chi connectivity index (χ2n) is 6.58. The van der Waals surface area contributed by atoms with Gasteiger partial charge >= 0.3 is 5.97 Å². The third kappa shape index (κ3) is 3.42. The van der Waals surface area contributed by atoms with E-state index in [1.165, 1.54) is 24.4 Å². The number of carbonyl (C=O) groups excluding carboxylic acids is 1. The van der Waals surface area contributed by atoms with E-state index in [9.17, 15) is 18.0 Å². The van der Waals surface area contributed by atoms with Crippen molar-refractivity contribution in [2.75, 3.05) is 6.61 Å². The van der Waals surface area contributed by atoms with E-state index < -0.39 is 21.4 Å². The predicted octanol–water partition coefficient (Wildman–Crippen LogP) is 3.16. The van der Waals surface area contributed by atoms with Gasteiger partial charge < -0.3 is 14.7 Å². The average molecular weight is 410 g/mol. The van der Waals surface area contributed by atoms with Gasteiger partial charge in [-0.3, -0.25) is 4.79 Å². The summed E-state index contributed by atoms with van der Waals surface area (Å²) in [6.07, 6.45) is 1.41. The maximum Gasteiger partial charge on any atom is 0.340 e. The summed E-state index contributed by atoms with van der Waals surface area (Å²) in [6, 6.07) is 13.4. The van der Waals surface area contributed by atoms with Gasteiger partial charge in [0.25, 0.3) is 5.56 Å². The van der Waals surface area contributed by atoms with E-state index in [0.717, 1.165) is 0 Å². The summed E-state index contributed by atoms with van der Waals surface area (Å²) in [5, 5.41) is 0.803. The number of nitrogens with one attached hydrogen (secondary N) is 2. The highest BCUT2D eigenvalue weighted by atomic mass is 32.2. The van der Waals surface area contributed by atoms with Crippen LogP contribution in [0.15, 0.2) is 64.4 Å². The Bertz CT molecular complexity index is 1390. The van der Waals surface area contributed by atoms with Crippen LogP contribution in [0.4, 0.5) is 0 Å². The Morgan fingerprint density at radius 1 is 1.10 bits per heavy atom. The van der Waals surface area contributed by atoms with Crippen molar-refractivity contribution in [3.63, 3.8) is 0 Å². The number of aromatic nitrogens is 2. The number of ether oxygens (including phenoxy) is 1. The fourth-order valence-corrected chi connectivity index (χ4v) is 4.72. The molecule has 7 nitrogen and oxygen atoms in total. The molecule has 2 N–H and O–H groups in total. The minimum Gasteiger partial charge on any atom is -0.462 e. The molecule has 2 aromatic carbocycles. The van der Waals surface area contributed by atoms with Crippen LogP contribution < -0.4 is 5.56 Å². The summed E-state index contributed by atoms with van der Waals surface area (Å²) in [5.41, 5.74) is 1.09. The largest absolute Gasteiger partial charge is 0.462 e. The maximum absolute atomic E-state index is 12.9. The van der Waals surface area contributed by atoms with Crippen molar-refractivity contribution in [2.24, 2.45) is 0 Å². The van der Waals surface area contributed by atoms with Gasteiger partial charge in [-0.05, 0) is 30.7 Å². The van der Waals surface area contributed by atoms with E-state index in [4.69, 9.17) is 4.74 Å². The Balaban J connectivity index is 1.92. The third-order valence-corrected chi connectivity index (χ3v) is 6.36. The number of rotatable bonds is 5. The molecule has 0 spiro atoms. The van der Waals surface area contributed by atoms with Gasteiger partial charge in [-0.15, -0.1) is 0 Å². The SMILES string of the molecule is CCOC(=O)c1c[nH]c2c(=O)[nH]c3ccc(S(=O)(=O)Cc4ccccc4)cc3c12. The molecule has 0 fully saturated rings. The first-order chi connectivity index (χ1) is 13.9. The minimum absolute atomic E-state index is 0.109. The standard InChI is InChI=1S/C21H18N2O5S/c1-2-28-21(25)16-11-22-19-18(16)15-10-14(8-9-17(15)23-20(19)24)29(26,27)12-13-6-4-3-5-7-13/h3-11,22H,2,12H2,1H3,(H,23,24). The Labute approximate surface area is 166 Å². The van der Waals surface area contributed by atoms with Crippen molar-refractivity contribution in [2.45, 2.75) is 17.6 Å². The number of H-pyrrole nitrogens is 2. The lowest BCUT2D eigenvalue weighted by atomic mass is 10.1. The van der Waals surface area contributed by atoms with E-state index in [2.05, 4.69) is 9.97 Å². The van der Waals surface area contributed by atoms with Gasteiger partial charge in [0, 0.05) is 22.5 Å². The summed E-state index contributed by atoms with van der Waals surface area (Å²) >= 11 is 0. The highest BCUT2D eigenvalue weighted by molar-refractivity contribution is 7.90. The van der Waals surface area contributed by atoms with Crippen LogP contribution in [0.25, 0.3) is 21.8 Å². The van der Waals surface area contributed by atoms with Crippen LogP contribution in [0.2, 0.25) is 0 Å².